The van der Waals surface area contributed by atoms with E-state index < -0.39 is 13.6 Å². The summed E-state index contributed by atoms with van der Waals surface area (Å²) < 4.78 is 27.4. The molecule has 5 nitrogen and oxygen atoms in total. The summed E-state index contributed by atoms with van der Waals surface area (Å²) >= 11 is 0. The standard InChI is InChI=1S/C7H8FN2O3P/c1-13-14(11,12)10-9-7-4-2-6(8)3-5-7/h2-5H,1H3,(H,11,12). The number of benzene rings is 1. The molecular formula is C7H8FN2O3P. The Morgan fingerprint density at radius 2 is 2.00 bits per heavy atom. The van der Waals surface area contributed by atoms with Gasteiger partial charge < -0.3 is 4.89 Å². The van der Waals surface area contributed by atoms with E-state index in [-0.39, 0.29) is 5.69 Å². The highest BCUT2D eigenvalue weighted by Gasteiger charge is 2.14. The summed E-state index contributed by atoms with van der Waals surface area (Å²) in [6.07, 6.45) is 0. The second-order valence-corrected chi connectivity index (χ2v) is 3.86. The highest BCUT2D eigenvalue weighted by atomic mass is 31.2. The molecule has 7 heteroatoms. The van der Waals surface area contributed by atoms with E-state index in [1.165, 1.54) is 24.3 Å². The van der Waals surface area contributed by atoms with Crippen molar-refractivity contribution in [3.05, 3.63) is 30.1 Å². The lowest BCUT2D eigenvalue weighted by molar-refractivity contribution is 0.315. The van der Waals surface area contributed by atoms with Gasteiger partial charge >= 0.3 is 7.75 Å². The van der Waals surface area contributed by atoms with Crippen molar-refractivity contribution in [2.45, 2.75) is 0 Å². The van der Waals surface area contributed by atoms with Crippen molar-refractivity contribution < 1.29 is 18.4 Å². The monoisotopic (exact) mass is 218 g/mol. The Morgan fingerprint density at radius 3 is 2.50 bits per heavy atom. The van der Waals surface area contributed by atoms with Crippen molar-refractivity contribution in [1.29, 1.82) is 0 Å². The topological polar surface area (TPSA) is 71.2 Å². The molecule has 1 unspecified atom stereocenters. The van der Waals surface area contributed by atoms with E-state index in [0.717, 1.165) is 7.11 Å². The molecule has 14 heavy (non-hydrogen) atoms. The summed E-state index contributed by atoms with van der Waals surface area (Å²) in [6, 6.07) is 5.00. The van der Waals surface area contributed by atoms with Crippen LogP contribution in [0.1, 0.15) is 0 Å². The van der Waals surface area contributed by atoms with Gasteiger partial charge in [-0.05, 0) is 24.3 Å². The molecule has 1 aromatic rings. The number of hydrogen-bond acceptors (Lipinski definition) is 3. The summed E-state index contributed by atoms with van der Waals surface area (Å²) in [7, 11) is -2.94. The fourth-order valence-corrected chi connectivity index (χ4v) is 0.942. The molecule has 0 aliphatic heterocycles. The van der Waals surface area contributed by atoms with E-state index in [1.54, 1.807) is 0 Å². The SMILES string of the molecule is COP(=O)(O)N=Nc1ccc(F)cc1. The fraction of sp³-hybridized carbons (Fsp3) is 0.143. The molecule has 1 aromatic carbocycles. The Bertz CT molecular complexity index is 379. The van der Waals surface area contributed by atoms with Gasteiger partial charge in [0.2, 0.25) is 0 Å². The fourth-order valence-electron chi connectivity index (χ4n) is 0.652. The van der Waals surface area contributed by atoms with Crippen molar-refractivity contribution >= 4 is 13.4 Å². The van der Waals surface area contributed by atoms with Gasteiger partial charge in [0.05, 0.1) is 5.69 Å². The Balaban J connectivity index is 2.79. The smallest absolute Gasteiger partial charge is 0.306 e. The predicted octanol–water partition coefficient (Wildman–Crippen LogP) is 2.66. The van der Waals surface area contributed by atoms with Gasteiger partial charge in [-0.1, -0.05) is 4.88 Å². The first-order valence-electron chi connectivity index (χ1n) is 3.61. The zero-order valence-electron chi connectivity index (χ0n) is 7.29. The molecule has 1 N–H and O–H groups in total. The maximum absolute atomic E-state index is 12.4. The zero-order chi connectivity index (χ0) is 10.6. The van der Waals surface area contributed by atoms with Crippen LogP contribution in [0.5, 0.6) is 0 Å². The van der Waals surface area contributed by atoms with E-state index in [4.69, 9.17) is 4.89 Å². The first-order chi connectivity index (χ1) is 6.53. The van der Waals surface area contributed by atoms with Crippen LogP contribution in [0, 0.1) is 5.82 Å². The molecule has 76 valence electrons. The molecule has 0 aromatic heterocycles. The number of halogens is 1. The minimum atomic E-state index is -3.99. The third-order valence-corrected chi connectivity index (χ3v) is 2.13. The van der Waals surface area contributed by atoms with E-state index >= 15 is 0 Å². The molecule has 0 aliphatic carbocycles. The molecule has 0 saturated heterocycles. The molecule has 0 amide bonds. The highest BCUT2D eigenvalue weighted by Crippen LogP contribution is 2.43. The van der Waals surface area contributed by atoms with Crippen LogP contribution in [0.4, 0.5) is 10.1 Å². The Hall–Kier alpha value is -1.10. The van der Waals surface area contributed by atoms with Gasteiger partial charge in [-0.3, -0.25) is 4.52 Å². The molecule has 0 aliphatic rings. The maximum atomic E-state index is 12.4. The molecule has 0 bridgehead atoms. The Morgan fingerprint density at radius 1 is 1.43 bits per heavy atom. The summed E-state index contributed by atoms with van der Waals surface area (Å²) in [4.78, 5) is 11.9. The van der Waals surface area contributed by atoms with Crippen LogP contribution in [0.3, 0.4) is 0 Å². The van der Waals surface area contributed by atoms with Crippen LogP contribution in [0.15, 0.2) is 34.3 Å². The molecule has 1 rings (SSSR count). The van der Waals surface area contributed by atoms with Crippen LogP contribution in [-0.4, -0.2) is 12.0 Å². The first-order valence-corrected chi connectivity index (χ1v) is 5.14. The quantitative estimate of drug-likeness (QED) is 0.626. The summed E-state index contributed by atoms with van der Waals surface area (Å²) in [5.41, 5.74) is 0.276. The molecule has 0 radical (unpaired) electrons. The lowest BCUT2D eigenvalue weighted by atomic mass is 10.3. The summed E-state index contributed by atoms with van der Waals surface area (Å²) in [5, 5.41) is 3.41. The van der Waals surface area contributed by atoms with Gasteiger partial charge in [0.25, 0.3) is 0 Å². The van der Waals surface area contributed by atoms with Crippen LogP contribution >= 0.6 is 7.75 Å². The van der Waals surface area contributed by atoms with Crippen LogP contribution in [0.2, 0.25) is 0 Å². The Labute approximate surface area is 79.8 Å². The number of rotatable bonds is 3. The van der Waals surface area contributed by atoms with Gasteiger partial charge in [0.15, 0.2) is 0 Å². The van der Waals surface area contributed by atoms with Gasteiger partial charge in [-0.2, -0.15) is 0 Å². The molecule has 0 heterocycles. The largest absolute Gasteiger partial charge is 0.469 e. The minimum Gasteiger partial charge on any atom is -0.306 e. The van der Waals surface area contributed by atoms with Crippen molar-refractivity contribution in [3.63, 3.8) is 0 Å². The van der Waals surface area contributed by atoms with Gasteiger partial charge in [-0.15, -0.1) is 5.11 Å². The predicted molar refractivity (Wildman–Crippen MR) is 47.8 cm³/mol. The maximum Gasteiger partial charge on any atom is 0.469 e. The molecule has 0 fully saturated rings. The summed E-state index contributed by atoms with van der Waals surface area (Å²) in [6.45, 7) is 0. The molecular weight excluding hydrogens is 210 g/mol. The Kier molecular flexibility index (Phi) is 3.46. The lowest BCUT2D eigenvalue weighted by Crippen LogP contribution is -1.76. The van der Waals surface area contributed by atoms with Crippen LogP contribution in [0.25, 0.3) is 0 Å². The molecule has 0 saturated carbocycles. The first kappa shape index (κ1) is 11.0. The van der Waals surface area contributed by atoms with Crippen LogP contribution < -0.4 is 0 Å². The van der Waals surface area contributed by atoms with Crippen molar-refractivity contribution in [2.24, 2.45) is 10.00 Å². The van der Waals surface area contributed by atoms with E-state index in [1.807, 2.05) is 0 Å². The number of nitrogens with zero attached hydrogens (tertiary/aromatic N) is 2. The zero-order valence-corrected chi connectivity index (χ0v) is 8.19. The van der Waals surface area contributed by atoms with E-state index in [9.17, 15) is 8.96 Å². The van der Waals surface area contributed by atoms with Crippen molar-refractivity contribution in [3.8, 4) is 0 Å². The second kappa shape index (κ2) is 4.41. The highest BCUT2D eigenvalue weighted by molar-refractivity contribution is 7.51. The lowest BCUT2D eigenvalue weighted by Gasteiger charge is -1.98. The third kappa shape index (κ3) is 3.33. The van der Waals surface area contributed by atoms with E-state index in [2.05, 4.69) is 14.5 Å². The minimum absolute atomic E-state index is 0.276. The summed E-state index contributed by atoms with van der Waals surface area (Å²) in [5.74, 6) is -0.414. The van der Waals surface area contributed by atoms with Gasteiger partial charge in [0.1, 0.15) is 5.82 Å². The average Bonchev–Trinajstić information content (AvgIpc) is 2.17. The van der Waals surface area contributed by atoms with Crippen molar-refractivity contribution in [1.82, 2.24) is 0 Å². The normalized spacial score (nSPS) is 15.6. The molecule has 0 spiro atoms. The number of hydrogen-bond donors (Lipinski definition) is 1. The average molecular weight is 218 g/mol. The molecule has 1 atom stereocenters. The van der Waals surface area contributed by atoms with Crippen LogP contribution in [-0.2, 0) is 9.09 Å². The third-order valence-electron chi connectivity index (χ3n) is 1.34. The van der Waals surface area contributed by atoms with Crippen molar-refractivity contribution in [2.75, 3.05) is 7.11 Å². The van der Waals surface area contributed by atoms with Gasteiger partial charge in [-0.25, -0.2) is 8.96 Å². The van der Waals surface area contributed by atoms with Gasteiger partial charge in [0, 0.05) is 7.11 Å². The second-order valence-electron chi connectivity index (χ2n) is 2.34. The van der Waals surface area contributed by atoms with E-state index in [0.29, 0.717) is 0 Å².